The number of ether oxygens (including phenoxy) is 4. The summed E-state index contributed by atoms with van der Waals surface area (Å²) in [4.78, 5) is 96.9. The van der Waals surface area contributed by atoms with Crippen molar-refractivity contribution in [1.29, 1.82) is 0 Å². The molecule has 4 aliphatic rings. The Labute approximate surface area is 381 Å². The van der Waals surface area contributed by atoms with Crippen LogP contribution in [-0.4, -0.2) is 153 Å². The van der Waals surface area contributed by atoms with E-state index in [4.69, 9.17) is 33.4 Å². The molecular formula is C36H44F4N8O20. The first-order valence-electron chi connectivity index (χ1n) is 22.1. The van der Waals surface area contributed by atoms with Crippen molar-refractivity contribution in [1.82, 2.24) is 38.2 Å². The molecule has 68 heavy (non-hydrogen) atoms. The van der Waals surface area contributed by atoms with Crippen LogP contribution in [-0.2, 0) is 18.9 Å². The number of nitrogens with one attached hydrogen (secondary N) is 4. The first-order valence-corrected chi connectivity index (χ1v) is 19.1. The standard InChI is InChI=1S/4C9H11FN2O5/c4*10-9(4-13)3-5(14)7(17-9)12-2-1-6(15)11-8(12)16/h4*1-2,5,7,13-14H,3-4H2,(H,11,15,16)/t4*5-,7-,9+/m1111/s1/i4D2,7D;7D;4D2;. The molecule has 0 aromatic carbocycles. The zero-order chi connectivity index (χ0) is 55.9. The van der Waals surface area contributed by atoms with Gasteiger partial charge in [-0.3, -0.25) is 57.4 Å². The van der Waals surface area contributed by atoms with E-state index in [1.54, 1.807) is 4.98 Å². The van der Waals surface area contributed by atoms with E-state index >= 15 is 0 Å². The maximum atomic E-state index is 14.1. The van der Waals surface area contributed by atoms with Crippen LogP contribution in [0.25, 0.3) is 0 Å². The van der Waals surface area contributed by atoms with E-state index in [-0.39, 0.29) is 0 Å². The number of alkyl halides is 4. The molecular weight excluding hydrogens is 940 g/mol. The number of halogens is 4. The van der Waals surface area contributed by atoms with Crippen LogP contribution in [0.3, 0.4) is 0 Å². The summed E-state index contributed by atoms with van der Waals surface area (Å²) in [5, 5.41) is 74.3. The van der Waals surface area contributed by atoms with Crippen molar-refractivity contribution < 1.29 is 85.6 Å². The van der Waals surface area contributed by atoms with Gasteiger partial charge in [0.25, 0.3) is 22.2 Å². The number of hydrogen-bond donors (Lipinski definition) is 12. The second-order valence-corrected chi connectivity index (χ2v) is 14.6. The maximum Gasteiger partial charge on any atom is 0.330 e. The fraction of sp³-hybridized carbons (Fsp3) is 0.556. The molecule has 12 atom stereocenters. The summed E-state index contributed by atoms with van der Waals surface area (Å²) in [5.74, 6) is -11.5. The molecule has 0 aliphatic carbocycles. The molecule has 12 N–H and O–H groups in total. The van der Waals surface area contributed by atoms with Crippen molar-refractivity contribution in [3.05, 3.63) is 132 Å². The van der Waals surface area contributed by atoms with Crippen molar-refractivity contribution in [2.24, 2.45) is 0 Å². The molecule has 8 heterocycles. The Balaban J connectivity index is 0.000000183. The molecule has 4 aliphatic heterocycles. The third kappa shape index (κ3) is 12.3. The lowest BCUT2D eigenvalue weighted by molar-refractivity contribution is -0.181. The van der Waals surface area contributed by atoms with Crippen LogP contribution in [0.1, 0.15) is 58.8 Å². The maximum absolute atomic E-state index is 14.1. The van der Waals surface area contributed by atoms with Gasteiger partial charge in [-0.2, -0.15) is 0 Å². The second kappa shape index (κ2) is 21.1. The number of rotatable bonds is 8. The summed E-state index contributed by atoms with van der Waals surface area (Å²) in [7, 11) is 0. The van der Waals surface area contributed by atoms with Gasteiger partial charge in [0.1, 0.15) is 50.7 Å². The lowest BCUT2D eigenvalue weighted by atomic mass is 10.2. The zero-order valence-corrected chi connectivity index (χ0v) is 34.1. The summed E-state index contributed by atoms with van der Waals surface area (Å²) in [6.07, 6.45) is -13.6. The minimum absolute atomic E-state index is 0.395. The van der Waals surface area contributed by atoms with Gasteiger partial charge in [0.05, 0.1) is 8.22 Å². The van der Waals surface area contributed by atoms with Crippen molar-refractivity contribution in [2.45, 2.75) is 98.4 Å². The van der Waals surface area contributed by atoms with Crippen LogP contribution >= 0.6 is 0 Å². The third-order valence-corrected chi connectivity index (χ3v) is 9.54. The quantitative estimate of drug-likeness (QED) is 0.0731. The molecule has 4 fully saturated rings. The van der Waals surface area contributed by atoms with E-state index < -0.39 is 170 Å². The van der Waals surface area contributed by atoms with E-state index in [1.807, 2.05) is 15.0 Å². The topological polar surface area (TPSA) is 418 Å². The van der Waals surface area contributed by atoms with E-state index in [1.165, 1.54) is 0 Å². The van der Waals surface area contributed by atoms with Crippen LogP contribution in [0.2, 0.25) is 0 Å². The fourth-order valence-corrected chi connectivity index (χ4v) is 6.41. The molecule has 0 unspecified atom stereocenters. The molecule has 4 aromatic rings. The van der Waals surface area contributed by atoms with Crippen LogP contribution < -0.4 is 45.0 Å². The van der Waals surface area contributed by atoms with E-state index in [0.717, 1.165) is 53.6 Å². The number of H-pyrrole nitrogens is 4. The van der Waals surface area contributed by atoms with E-state index in [9.17, 15) is 76.3 Å². The highest BCUT2D eigenvalue weighted by Gasteiger charge is 2.50. The first-order chi connectivity index (χ1) is 33.9. The first kappa shape index (κ1) is 44.5. The highest BCUT2D eigenvalue weighted by molar-refractivity contribution is 4.95. The Morgan fingerprint density at radius 3 is 1.03 bits per heavy atom. The minimum atomic E-state index is -3.48. The summed E-state index contributed by atoms with van der Waals surface area (Å²) in [6.45, 7) is -8.79. The number of aliphatic hydroxyl groups excluding tert-OH is 6. The number of nitrogens with zero attached hydrogens (tertiary/aromatic N) is 4. The molecule has 8 rings (SSSR count). The van der Waals surface area contributed by atoms with Crippen molar-refractivity contribution >= 4 is 0 Å². The highest BCUT2D eigenvalue weighted by atomic mass is 19.2. The SMILES string of the molecule is O=c1ccn([C@@H]2O[C@](F)(CO)C[C@H]2O)c(=O)[nH]1.[2H]C([2H])(O)[C@]1(F)C[C@@H](O)[C@H](n2ccc(=O)[nH]c2=O)O1.[2H]C([2H])(O)[C@]1(F)C[C@@H](O)[C@]([2H])(n2ccc(=O)[nH]c2=O)O1.[2H][C@@]1(n2ccc(=O)[nH]c2=O)O[C@](F)(CO)C[C@H]1O. The van der Waals surface area contributed by atoms with Gasteiger partial charge < -0.3 is 59.8 Å². The molecule has 0 radical (unpaired) electrons. The Bertz CT molecular complexity index is 3170. The summed E-state index contributed by atoms with van der Waals surface area (Å²) < 4.78 is 120. The number of aliphatic hydroxyl groups is 8. The van der Waals surface area contributed by atoms with E-state index in [2.05, 4.69) is 14.2 Å². The Morgan fingerprint density at radius 1 is 0.485 bits per heavy atom. The average molecular weight is 991 g/mol. The molecule has 376 valence electrons. The molecule has 4 saturated heterocycles. The van der Waals surface area contributed by atoms with Gasteiger partial charge >= 0.3 is 22.8 Å². The molecule has 4 aromatic heterocycles. The lowest BCUT2D eigenvalue weighted by Crippen LogP contribution is -2.35. The van der Waals surface area contributed by atoms with Gasteiger partial charge in [-0.25, -0.2) is 36.7 Å². The van der Waals surface area contributed by atoms with Gasteiger partial charge in [-0.1, -0.05) is 0 Å². The molecule has 32 heteroatoms. The highest BCUT2D eigenvalue weighted by Crippen LogP contribution is 2.39. The van der Waals surface area contributed by atoms with Gasteiger partial charge in [-0.05, 0) is 0 Å². The van der Waals surface area contributed by atoms with Crippen LogP contribution in [0.5, 0.6) is 0 Å². The summed E-state index contributed by atoms with van der Waals surface area (Å²) in [6, 6.07) is 3.79. The predicted octanol–water partition coefficient (Wildman–Crippen LogP) is -6.10. The Kier molecular flexibility index (Phi) is 13.8. The fourth-order valence-electron chi connectivity index (χ4n) is 6.41. The molecule has 0 bridgehead atoms. The lowest BCUT2D eigenvalue weighted by Gasteiger charge is -2.18. The van der Waals surface area contributed by atoms with Crippen LogP contribution in [0, 0.1) is 0 Å². The van der Waals surface area contributed by atoms with Gasteiger partial charge in [-0.15, -0.1) is 0 Å². The molecule has 0 amide bonds. The van der Waals surface area contributed by atoms with Crippen LogP contribution in [0.15, 0.2) is 87.4 Å². The monoisotopic (exact) mass is 990 g/mol. The molecule has 0 spiro atoms. The molecule has 28 nitrogen and oxygen atoms in total. The second-order valence-electron chi connectivity index (χ2n) is 14.6. The average Bonchev–Trinajstić information content (AvgIpc) is 3.93. The Hall–Kier alpha value is -6.04. The summed E-state index contributed by atoms with van der Waals surface area (Å²) >= 11 is 0. The summed E-state index contributed by atoms with van der Waals surface area (Å²) in [5.41, 5.74) is -6.67. The van der Waals surface area contributed by atoms with Gasteiger partial charge in [0, 0.05) is 74.7 Å². The zero-order valence-electron chi connectivity index (χ0n) is 40.1. The predicted molar refractivity (Wildman–Crippen MR) is 212 cm³/mol. The number of aromatic nitrogens is 8. The van der Waals surface area contributed by atoms with Crippen molar-refractivity contribution in [3.8, 4) is 0 Å². The van der Waals surface area contributed by atoms with Crippen molar-refractivity contribution in [3.63, 3.8) is 0 Å². The third-order valence-electron chi connectivity index (χ3n) is 9.54. The largest absolute Gasteiger partial charge is 0.390 e. The van der Waals surface area contributed by atoms with Gasteiger partial charge in [0.2, 0.25) is 23.4 Å². The van der Waals surface area contributed by atoms with Crippen molar-refractivity contribution in [2.75, 3.05) is 26.3 Å². The number of hydrogen-bond acceptors (Lipinski definition) is 20. The number of aromatic amines is 4. The van der Waals surface area contributed by atoms with Crippen LogP contribution in [0.4, 0.5) is 17.6 Å². The van der Waals surface area contributed by atoms with Gasteiger partial charge in [0.15, 0.2) is 24.9 Å². The van der Waals surface area contributed by atoms with E-state index in [0.29, 0.717) is 13.7 Å². The normalized spacial score (nSPS) is 36.8. The smallest absolute Gasteiger partial charge is 0.330 e. The Morgan fingerprint density at radius 2 is 0.750 bits per heavy atom. The minimum Gasteiger partial charge on any atom is -0.390 e. The molecule has 0 saturated carbocycles.